The Kier molecular flexibility index (Phi) is 5.66. The van der Waals surface area contributed by atoms with Crippen molar-refractivity contribution in [1.82, 2.24) is 30.1 Å². The van der Waals surface area contributed by atoms with Crippen LogP contribution in [0.15, 0.2) is 24.8 Å². The summed E-state index contributed by atoms with van der Waals surface area (Å²) in [6.45, 7) is 6.05. The summed E-state index contributed by atoms with van der Waals surface area (Å²) in [6, 6.07) is 0. The highest BCUT2D eigenvalue weighted by atomic mass is 15.5. The summed E-state index contributed by atoms with van der Waals surface area (Å²) in [5, 5.41) is 8.84. The van der Waals surface area contributed by atoms with Crippen LogP contribution in [0, 0.1) is 0 Å². The van der Waals surface area contributed by atoms with Crippen LogP contribution in [-0.4, -0.2) is 52.6 Å². The van der Waals surface area contributed by atoms with Crippen LogP contribution in [0.4, 0.5) is 5.82 Å². The lowest BCUT2D eigenvalue weighted by Gasteiger charge is -2.08. The van der Waals surface area contributed by atoms with Crippen LogP contribution in [0.2, 0.25) is 0 Å². The molecule has 0 spiro atoms. The van der Waals surface area contributed by atoms with Crippen LogP contribution in [0.1, 0.15) is 31.9 Å². The van der Waals surface area contributed by atoms with Gasteiger partial charge in [0.05, 0.1) is 11.9 Å². The minimum Gasteiger partial charge on any atom is -0.367 e. The fourth-order valence-corrected chi connectivity index (χ4v) is 2.82. The van der Waals surface area contributed by atoms with Crippen molar-refractivity contribution in [2.75, 3.05) is 38.5 Å². The molecule has 0 saturated carbocycles. The fourth-order valence-electron chi connectivity index (χ4n) is 2.82. The molecule has 2 aromatic rings. The van der Waals surface area contributed by atoms with Gasteiger partial charge in [-0.25, -0.2) is 15.4 Å². The number of hydrazine groups is 1. The molecule has 1 aliphatic heterocycles. The second-order valence-electron chi connectivity index (χ2n) is 6.10. The Labute approximate surface area is 143 Å². The van der Waals surface area contributed by atoms with Crippen LogP contribution in [-0.2, 0) is 0 Å². The predicted molar refractivity (Wildman–Crippen MR) is 97.6 cm³/mol. The fraction of sp³-hybridized carbons (Fsp3) is 0.529. The van der Waals surface area contributed by atoms with Crippen molar-refractivity contribution in [1.29, 1.82) is 0 Å². The number of imidazole rings is 1. The minimum absolute atomic E-state index is 0.818. The maximum Gasteiger partial charge on any atom is 0.180 e. The molecule has 0 fully saturated rings. The van der Waals surface area contributed by atoms with Gasteiger partial charge >= 0.3 is 0 Å². The van der Waals surface area contributed by atoms with E-state index in [1.54, 1.807) is 0 Å². The summed E-state index contributed by atoms with van der Waals surface area (Å²) in [5.74, 6) is 0.845. The summed E-state index contributed by atoms with van der Waals surface area (Å²) < 4.78 is 2.10. The lowest BCUT2D eigenvalue weighted by molar-refractivity contribution is 0.374. The van der Waals surface area contributed by atoms with Crippen molar-refractivity contribution in [3.8, 4) is 0 Å². The highest BCUT2D eigenvalue weighted by Crippen LogP contribution is 2.21. The monoisotopic (exact) mass is 329 g/mol. The molecular formula is C17H27N7. The molecule has 3 N–H and O–H groups in total. The van der Waals surface area contributed by atoms with Crippen LogP contribution in [0.25, 0.3) is 11.2 Å². The van der Waals surface area contributed by atoms with Crippen molar-refractivity contribution in [3.63, 3.8) is 0 Å². The smallest absolute Gasteiger partial charge is 0.180 e. The number of rotatable bonds is 9. The third kappa shape index (κ3) is 3.85. The minimum atomic E-state index is 0.818. The molecule has 0 amide bonds. The molecule has 1 aliphatic rings. The molecule has 0 aromatic carbocycles. The first-order valence-electron chi connectivity index (χ1n) is 8.73. The molecule has 0 radical (unpaired) electrons. The van der Waals surface area contributed by atoms with E-state index in [1.807, 2.05) is 30.6 Å². The van der Waals surface area contributed by atoms with E-state index in [-0.39, 0.29) is 0 Å². The van der Waals surface area contributed by atoms with E-state index >= 15 is 0 Å². The number of unbranched alkanes of at least 4 members (excludes halogenated alkanes) is 1. The summed E-state index contributed by atoms with van der Waals surface area (Å²) >= 11 is 0. The molecule has 0 aliphatic carbocycles. The van der Waals surface area contributed by atoms with Gasteiger partial charge in [-0.3, -0.25) is 4.40 Å². The molecule has 7 heteroatoms. The van der Waals surface area contributed by atoms with Gasteiger partial charge in [-0.05, 0) is 25.9 Å². The number of hydrogen-bond acceptors (Lipinski definition) is 6. The third-order valence-corrected chi connectivity index (χ3v) is 4.16. The zero-order valence-corrected chi connectivity index (χ0v) is 14.5. The van der Waals surface area contributed by atoms with E-state index in [0.29, 0.717) is 0 Å². The molecule has 2 aromatic heterocycles. The normalized spacial score (nSPS) is 14.4. The molecule has 0 unspecified atom stereocenters. The van der Waals surface area contributed by atoms with Crippen LogP contribution in [0.5, 0.6) is 0 Å². The lowest BCUT2D eigenvalue weighted by atomic mass is 10.2. The average Bonchev–Trinajstić information content (AvgIpc) is 3.20. The summed E-state index contributed by atoms with van der Waals surface area (Å²) in [4.78, 5) is 9.01. The Hall–Kier alpha value is -2.12. The number of hydrogen-bond donors (Lipinski definition) is 3. The standard InChI is InChI=1S/C17H27N7/c1-3-4-6-18-7-5-8-19-16-17-21-12-15(24(17)10-9-20-16)14-11-22-23(2)13-14/h9-10,12-13,18,22H,3-8,11H2,1-2H3,(H,19,20). The Morgan fingerprint density at radius 1 is 1.21 bits per heavy atom. The van der Waals surface area contributed by atoms with Gasteiger partial charge in [0, 0.05) is 44.3 Å². The third-order valence-electron chi connectivity index (χ3n) is 4.16. The van der Waals surface area contributed by atoms with Crippen molar-refractivity contribution >= 4 is 17.0 Å². The Balaban J connectivity index is 1.61. The molecule has 3 rings (SSSR count). The molecule has 24 heavy (non-hydrogen) atoms. The van der Waals surface area contributed by atoms with Crippen molar-refractivity contribution in [3.05, 3.63) is 30.5 Å². The topological polar surface area (TPSA) is 69.5 Å². The maximum absolute atomic E-state index is 4.56. The molecule has 7 nitrogen and oxygen atoms in total. The van der Waals surface area contributed by atoms with E-state index in [0.717, 1.165) is 49.8 Å². The van der Waals surface area contributed by atoms with Crippen molar-refractivity contribution < 1.29 is 0 Å². The zero-order valence-electron chi connectivity index (χ0n) is 14.5. The SMILES string of the molecule is CCCCNCCCNc1nccn2c(C3=CN(C)NC3)cnc12. The van der Waals surface area contributed by atoms with Crippen molar-refractivity contribution in [2.45, 2.75) is 26.2 Å². The number of fused-ring (bicyclic) bond motifs is 1. The number of anilines is 1. The number of nitrogens with zero attached hydrogens (tertiary/aromatic N) is 4. The summed E-state index contributed by atoms with van der Waals surface area (Å²) in [5.41, 5.74) is 6.47. The van der Waals surface area contributed by atoms with Gasteiger partial charge in [0.25, 0.3) is 0 Å². The van der Waals surface area contributed by atoms with E-state index in [9.17, 15) is 0 Å². The Bertz CT molecular complexity index is 691. The van der Waals surface area contributed by atoms with Gasteiger partial charge in [-0.2, -0.15) is 0 Å². The largest absolute Gasteiger partial charge is 0.367 e. The molecule has 0 atom stereocenters. The van der Waals surface area contributed by atoms with Gasteiger partial charge in [-0.15, -0.1) is 0 Å². The quantitative estimate of drug-likeness (QED) is 0.609. The van der Waals surface area contributed by atoms with Gasteiger partial charge in [0.1, 0.15) is 0 Å². The van der Waals surface area contributed by atoms with E-state index < -0.39 is 0 Å². The summed E-state index contributed by atoms with van der Waals surface area (Å²) in [7, 11) is 2.00. The highest BCUT2D eigenvalue weighted by molar-refractivity contribution is 5.71. The number of aromatic nitrogens is 3. The van der Waals surface area contributed by atoms with Gasteiger partial charge in [-0.1, -0.05) is 13.3 Å². The van der Waals surface area contributed by atoms with Crippen molar-refractivity contribution in [2.24, 2.45) is 0 Å². The first-order valence-corrected chi connectivity index (χ1v) is 8.73. The maximum atomic E-state index is 4.56. The van der Waals surface area contributed by atoms with E-state index in [2.05, 4.69) is 43.6 Å². The first-order chi connectivity index (χ1) is 11.8. The van der Waals surface area contributed by atoms with E-state index in [1.165, 1.54) is 18.4 Å². The Morgan fingerprint density at radius 2 is 2.08 bits per heavy atom. The average molecular weight is 329 g/mol. The Morgan fingerprint density at radius 3 is 2.88 bits per heavy atom. The van der Waals surface area contributed by atoms with Gasteiger partial charge < -0.3 is 15.6 Å². The van der Waals surface area contributed by atoms with Gasteiger partial charge in [0.15, 0.2) is 11.5 Å². The first kappa shape index (κ1) is 16.7. The molecule has 0 bridgehead atoms. The van der Waals surface area contributed by atoms with Gasteiger partial charge in [0.2, 0.25) is 0 Å². The summed E-state index contributed by atoms with van der Waals surface area (Å²) in [6.07, 6.45) is 11.4. The second-order valence-corrected chi connectivity index (χ2v) is 6.10. The molecule has 130 valence electrons. The molecular weight excluding hydrogens is 302 g/mol. The lowest BCUT2D eigenvalue weighted by Crippen LogP contribution is -2.23. The second kappa shape index (κ2) is 8.12. The number of nitrogens with one attached hydrogen (secondary N) is 3. The van der Waals surface area contributed by atoms with Crippen LogP contribution < -0.4 is 16.1 Å². The van der Waals surface area contributed by atoms with E-state index in [4.69, 9.17) is 0 Å². The molecule has 0 saturated heterocycles. The van der Waals surface area contributed by atoms with Crippen LogP contribution in [0.3, 0.4) is 0 Å². The van der Waals surface area contributed by atoms with Crippen LogP contribution >= 0.6 is 0 Å². The molecule has 3 heterocycles. The predicted octanol–water partition coefficient (Wildman–Crippen LogP) is 1.71. The zero-order chi connectivity index (χ0) is 16.8. The highest BCUT2D eigenvalue weighted by Gasteiger charge is 2.15.